The van der Waals surface area contributed by atoms with E-state index >= 15 is 0 Å². The minimum atomic E-state index is -0.655. The van der Waals surface area contributed by atoms with Crippen LogP contribution in [-0.2, 0) is 14.3 Å². The predicted molar refractivity (Wildman–Crippen MR) is 57.4 cm³/mol. The molecular weight excluding hydrogens is 196 g/mol. The van der Waals surface area contributed by atoms with Crippen molar-refractivity contribution in [2.45, 2.75) is 26.3 Å². The number of esters is 1. The van der Waals surface area contributed by atoms with Crippen LogP contribution in [0.1, 0.15) is 20.8 Å². The molecule has 5 heteroatoms. The number of rotatable bonds is 5. The summed E-state index contributed by atoms with van der Waals surface area (Å²) in [6, 6.07) is 0. The topological polar surface area (TPSA) is 58.6 Å². The van der Waals surface area contributed by atoms with Crippen molar-refractivity contribution in [1.82, 2.24) is 10.2 Å². The number of nitrogens with one attached hydrogen (secondary N) is 1. The summed E-state index contributed by atoms with van der Waals surface area (Å²) >= 11 is 0. The molecular formula is C10H20N2O3. The molecule has 1 amide bonds. The second kappa shape index (κ2) is 5.70. The van der Waals surface area contributed by atoms with Crippen LogP contribution in [0.5, 0.6) is 0 Å². The number of amides is 1. The van der Waals surface area contributed by atoms with Crippen LogP contribution in [0.15, 0.2) is 0 Å². The lowest BCUT2D eigenvalue weighted by Gasteiger charge is -2.29. The fourth-order valence-electron chi connectivity index (χ4n) is 1.32. The Balaban J connectivity index is 4.36. The lowest BCUT2D eigenvalue weighted by atomic mass is 10.0. The van der Waals surface area contributed by atoms with Gasteiger partial charge in [0, 0.05) is 7.05 Å². The van der Waals surface area contributed by atoms with E-state index < -0.39 is 11.5 Å². The van der Waals surface area contributed by atoms with Crippen LogP contribution in [0.4, 0.5) is 0 Å². The zero-order chi connectivity index (χ0) is 12.1. The largest absolute Gasteiger partial charge is 0.468 e. The van der Waals surface area contributed by atoms with E-state index in [2.05, 4.69) is 10.1 Å². The molecule has 88 valence electrons. The molecule has 0 unspecified atom stereocenters. The highest BCUT2D eigenvalue weighted by Crippen LogP contribution is 2.06. The first-order valence-electron chi connectivity index (χ1n) is 4.92. The van der Waals surface area contributed by atoms with Gasteiger partial charge in [0.1, 0.15) is 6.54 Å². The van der Waals surface area contributed by atoms with Gasteiger partial charge in [-0.1, -0.05) is 6.92 Å². The molecule has 0 saturated heterocycles. The first-order chi connectivity index (χ1) is 6.85. The lowest BCUT2D eigenvalue weighted by molar-refractivity contribution is -0.148. The Morgan fingerprint density at radius 1 is 1.40 bits per heavy atom. The molecule has 0 radical (unpaired) electrons. The Morgan fingerprint density at radius 3 is 2.33 bits per heavy atom. The summed E-state index contributed by atoms with van der Waals surface area (Å²) in [6.07, 6.45) is 0. The van der Waals surface area contributed by atoms with E-state index in [1.54, 1.807) is 20.9 Å². The minimum Gasteiger partial charge on any atom is -0.468 e. The number of carbonyl (C=O) groups is 2. The van der Waals surface area contributed by atoms with Crippen LogP contribution in [0.2, 0.25) is 0 Å². The molecule has 0 aromatic rings. The van der Waals surface area contributed by atoms with Gasteiger partial charge < -0.3 is 15.0 Å². The van der Waals surface area contributed by atoms with E-state index in [4.69, 9.17) is 0 Å². The van der Waals surface area contributed by atoms with Gasteiger partial charge in [-0.05, 0) is 20.4 Å². The second-order valence-corrected chi connectivity index (χ2v) is 3.89. The van der Waals surface area contributed by atoms with Gasteiger partial charge in [-0.15, -0.1) is 0 Å². The van der Waals surface area contributed by atoms with Gasteiger partial charge in [-0.3, -0.25) is 9.59 Å². The quantitative estimate of drug-likeness (QED) is 0.657. The number of ether oxygens (including phenoxy) is 1. The third-order valence-electron chi connectivity index (χ3n) is 2.09. The molecule has 0 fully saturated rings. The van der Waals surface area contributed by atoms with Crippen LogP contribution in [0.25, 0.3) is 0 Å². The SMILES string of the molecule is CCNC(C)(C)C(=O)N(C)CC(=O)OC. The van der Waals surface area contributed by atoms with Crippen LogP contribution < -0.4 is 5.32 Å². The van der Waals surface area contributed by atoms with Crippen molar-refractivity contribution < 1.29 is 14.3 Å². The summed E-state index contributed by atoms with van der Waals surface area (Å²) in [5, 5.41) is 3.05. The molecule has 0 bridgehead atoms. The normalized spacial score (nSPS) is 11.0. The molecule has 1 N–H and O–H groups in total. The van der Waals surface area contributed by atoms with Crippen molar-refractivity contribution in [3.8, 4) is 0 Å². The van der Waals surface area contributed by atoms with Crippen molar-refractivity contribution in [1.29, 1.82) is 0 Å². The van der Waals surface area contributed by atoms with Crippen LogP contribution in [0, 0.1) is 0 Å². The molecule has 0 spiro atoms. The summed E-state index contributed by atoms with van der Waals surface area (Å²) in [4.78, 5) is 24.2. The van der Waals surface area contributed by atoms with E-state index in [1.165, 1.54) is 12.0 Å². The molecule has 0 rings (SSSR count). The fraction of sp³-hybridized carbons (Fsp3) is 0.800. The second-order valence-electron chi connectivity index (χ2n) is 3.89. The summed E-state index contributed by atoms with van der Waals surface area (Å²) in [7, 11) is 2.88. The van der Waals surface area contributed by atoms with Gasteiger partial charge in [-0.2, -0.15) is 0 Å². The predicted octanol–water partition coefficient (Wildman–Crippen LogP) is 0.00590. The van der Waals surface area contributed by atoms with Crippen molar-refractivity contribution >= 4 is 11.9 Å². The number of carbonyl (C=O) groups excluding carboxylic acids is 2. The van der Waals surface area contributed by atoms with Gasteiger partial charge in [0.05, 0.1) is 12.6 Å². The van der Waals surface area contributed by atoms with Crippen LogP contribution in [-0.4, -0.2) is 49.6 Å². The molecule has 0 aliphatic rings. The first-order valence-corrected chi connectivity index (χ1v) is 4.92. The third kappa shape index (κ3) is 4.29. The minimum absolute atomic E-state index is 0.0237. The van der Waals surface area contributed by atoms with Crippen molar-refractivity contribution in [3.05, 3.63) is 0 Å². The molecule has 0 saturated carbocycles. The maximum absolute atomic E-state index is 11.9. The molecule has 15 heavy (non-hydrogen) atoms. The summed E-state index contributed by atoms with van der Waals surface area (Å²) in [5.74, 6) is -0.548. The zero-order valence-corrected chi connectivity index (χ0v) is 10.1. The van der Waals surface area contributed by atoms with Gasteiger partial charge in [0.15, 0.2) is 0 Å². The Bertz CT molecular complexity index is 239. The average molecular weight is 216 g/mol. The maximum atomic E-state index is 11.9. The van der Waals surface area contributed by atoms with Gasteiger partial charge in [0.25, 0.3) is 0 Å². The summed E-state index contributed by atoms with van der Waals surface area (Å²) < 4.78 is 4.49. The Hall–Kier alpha value is -1.10. The number of hydrogen-bond acceptors (Lipinski definition) is 4. The standard InChI is InChI=1S/C10H20N2O3/c1-6-11-10(2,3)9(14)12(4)7-8(13)15-5/h11H,6-7H2,1-5H3. The Labute approximate surface area is 90.8 Å². The Kier molecular flexibility index (Phi) is 5.28. The number of methoxy groups -OCH3 is 1. The molecule has 0 aromatic heterocycles. The summed E-state index contributed by atoms with van der Waals surface area (Å²) in [5.41, 5.74) is -0.655. The fourth-order valence-corrected chi connectivity index (χ4v) is 1.32. The highest BCUT2D eigenvalue weighted by atomic mass is 16.5. The first kappa shape index (κ1) is 13.9. The van der Waals surface area contributed by atoms with E-state index in [1.807, 2.05) is 6.92 Å². The molecule has 0 atom stereocenters. The Morgan fingerprint density at radius 2 is 1.93 bits per heavy atom. The highest BCUT2D eigenvalue weighted by molar-refractivity contribution is 5.88. The summed E-state index contributed by atoms with van der Waals surface area (Å²) in [6.45, 7) is 6.17. The molecule has 5 nitrogen and oxygen atoms in total. The van der Waals surface area contributed by atoms with E-state index in [0.717, 1.165) is 0 Å². The number of likely N-dealkylation sites (N-methyl/N-ethyl adjacent to an activating group) is 2. The maximum Gasteiger partial charge on any atom is 0.325 e. The molecule has 0 aliphatic heterocycles. The lowest BCUT2D eigenvalue weighted by Crippen LogP contribution is -2.53. The van der Waals surface area contributed by atoms with Gasteiger partial charge in [-0.25, -0.2) is 0 Å². The van der Waals surface area contributed by atoms with E-state index in [-0.39, 0.29) is 12.5 Å². The smallest absolute Gasteiger partial charge is 0.325 e. The van der Waals surface area contributed by atoms with Gasteiger partial charge in [0.2, 0.25) is 5.91 Å². The molecule has 0 aliphatic carbocycles. The number of nitrogens with zero attached hydrogens (tertiary/aromatic N) is 1. The average Bonchev–Trinajstić information content (AvgIpc) is 2.16. The monoisotopic (exact) mass is 216 g/mol. The van der Waals surface area contributed by atoms with Crippen molar-refractivity contribution in [3.63, 3.8) is 0 Å². The highest BCUT2D eigenvalue weighted by Gasteiger charge is 2.30. The van der Waals surface area contributed by atoms with Crippen LogP contribution in [0.3, 0.4) is 0 Å². The van der Waals surface area contributed by atoms with E-state index in [0.29, 0.717) is 6.54 Å². The number of hydrogen-bond donors (Lipinski definition) is 1. The van der Waals surface area contributed by atoms with E-state index in [9.17, 15) is 9.59 Å². The van der Waals surface area contributed by atoms with Crippen molar-refractivity contribution in [2.24, 2.45) is 0 Å². The molecule has 0 aromatic carbocycles. The zero-order valence-electron chi connectivity index (χ0n) is 10.1. The third-order valence-corrected chi connectivity index (χ3v) is 2.09. The molecule has 0 heterocycles. The van der Waals surface area contributed by atoms with Gasteiger partial charge >= 0.3 is 5.97 Å². The van der Waals surface area contributed by atoms with Crippen molar-refractivity contribution in [2.75, 3.05) is 27.2 Å². The van der Waals surface area contributed by atoms with Crippen LogP contribution >= 0.6 is 0 Å².